The fourth-order valence-corrected chi connectivity index (χ4v) is 5.60. The van der Waals surface area contributed by atoms with Crippen LogP contribution in [-0.4, -0.2) is 54.7 Å². The van der Waals surface area contributed by atoms with Gasteiger partial charge in [-0.1, -0.05) is 6.07 Å². The predicted octanol–water partition coefficient (Wildman–Crippen LogP) is 4.49. The molecule has 1 saturated heterocycles. The van der Waals surface area contributed by atoms with Gasteiger partial charge in [-0.3, -0.25) is 0 Å². The normalized spacial score (nSPS) is 21.2. The zero-order chi connectivity index (χ0) is 24.1. The third-order valence-electron chi connectivity index (χ3n) is 5.79. The molecule has 1 aliphatic carbocycles. The van der Waals surface area contributed by atoms with E-state index < -0.39 is 50.9 Å². The van der Waals surface area contributed by atoms with Gasteiger partial charge in [0.15, 0.2) is 0 Å². The Morgan fingerprint density at radius 3 is 2.38 bits per heavy atom. The summed E-state index contributed by atoms with van der Waals surface area (Å²) in [4.78, 5) is 14.1. The van der Waals surface area contributed by atoms with E-state index in [0.717, 1.165) is 12.3 Å². The van der Waals surface area contributed by atoms with Gasteiger partial charge < -0.3 is 9.64 Å². The van der Waals surface area contributed by atoms with E-state index >= 15 is 0 Å². The van der Waals surface area contributed by atoms with Gasteiger partial charge in [0, 0.05) is 19.1 Å². The quantitative estimate of drug-likeness (QED) is 0.583. The number of rotatable bonds is 5. The number of sulfonamides is 1. The molecule has 1 saturated carbocycles. The molecule has 0 bridgehead atoms. The molecule has 6 nitrogen and oxygen atoms in total. The molecule has 1 aromatic carbocycles. The van der Waals surface area contributed by atoms with E-state index in [2.05, 4.69) is 0 Å². The van der Waals surface area contributed by atoms with Gasteiger partial charge in [0.1, 0.15) is 11.4 Å². The van der Waals surface area contributed by atoms with Crippen molar-refractivity contribution in [1.82, 2.24) is 9.21 Å². The van der Waals surface area contributed by atoms with Crippen LogP contribution in [0.2, 0.25) is 0 Å². The lowest BCUT2D eigenvalue weighted by atomic mass is 10.0. The van der Waals surface area contributed by atoms with E-state index in [1.165, 1.54) is 15.3 Å². The first kappa shape index (κ1) is 24.8. The Labute approximate surface area is 185 Å². The number of carbonyl (C=O) groups is 1. The summed E-state index contributed by atoms with van der Waals surface area (Å²) >= 11 is 0. The third-order valence-corrected chi connectivity index (χ3v) is 7.09. The van der Waals surface area contributed by atoms with Crippen molar-refractivity contribution in [3.63, 3.8) is 0 Å². The highest BCUT2D eigenvalue weighted by molar-refractivity contribution is 7.88. The number of nitrogens with zero attached hydrogens (tertiary/aromatic N) is 2. The number of ether oxygens (including phenoxy) is 1. The number of likely N-dealkylation sites (tertiary alicyclic amines) is 1. The van der Waals surface area contributed by atoms with Crippen LogP contribution in [0.25, 0.3) is 0 Å². The summed E-state index contributed by atoms with van der Waals surface area (Å²) in [6, 6.07) is 2.15. The number of carbonyl (C=O) groups excluding carboxylic acids is 1. The summed E-state index contributed by atoms with van der Waals surface area (Å²) in [7, 11) is -3.86. The maximum atomic E-state index is 13.8. The molecule has 1 aliphatic heterocycles. The Morgan fingerprint density at radius 2 is 1.88 bits per heavy atom. The largest absolute Gasteiger partial charge is 0.444 e. The Kier molecular flexibility index (Phi) is 6.31. The third kappa shape index (κ3) is 5.19. The Balaban J connectivity index is 1.92. The van der Waals surface area contributed by atoms with Crippen LogP contribution >= 0.6 is 0 Å². The van der Waals surface area contributed by atoms with Crippen molar-refractivity contribution in [3.8, 4) is 0 Å². The molecule has 2 aliphatic rings. The van der Waals surface area contributed by atoms with Crippen molar-refractivity contribution in [3.05, 3.63) is 35.1 Å². The molecular formula is C21H28F4N2O4S. The maximum Gasteiger partial charge on any atom is 0.419 e. The second-order valence-electron chi connectivity index (χ2n) is 9.49. The molecule has 3 rings (SSSR count). The first-order valence-corrected chi connectivity index (χ1v) is 12.2. The predicted molar refractivity (Wildman–Crippen MR) is 110 cm³/mol. The number of amides is 1. The zero-order valence-corrected chi connectivity index (χ0v) is 19.3. The van der Waals surface area contributed by atoms with Crippen molar-refractivity contribution < 1.29 is 35.5 Å². The minimum Gasteiger partial charge on any atom is -0.444 e. The fourth-order valence-electron chi connectivity index (χ4n) is 4.24. The van der Waals surface area contributed by atoms with Crippen molar-refractivity contribution in [1.29, 1.82) is 0 Å². The van der Waals surface area contributed by atoms with Crippen LogP contribution in [0.4, 0.5) is 22.4 Å². The smallest absolute Gasteiger partial charge is 0.419 e. The highest BCUT2D eigenvalue weighted by Gasteiger charge is 2.55. The van der Waals surface area contributed by atoms with Crippen LogP contribution < -0.4 is 0 Å². The molecule has 180 valence electrons. The lowest BCUT2D eigenvalue weighted by Crippen LogP contribution is -2.49. The number of benzene rings is 1. The Morgan fingerprint density at radius 1 is 1.25 bits per heavy atom. The van der Waals surface area contributed by atoms with Gasteiger partial charge in [0.2, 0.25) is 10.0 Å². The van der Waals surface area contributed by atoms with Gasteiger partial charge in [-0.2, -0.15) is 17.5 Å². The number of hydrogen-bond acceptors (Lipinski definition) is 4. The highest BCUT2D eigenvalue weighted by Crippen LogP contribution is 2.53. The molecule has 1 heterocycles. The van der Waals surface area contributed by atoms with E-state index in [1.54, 1.807) is 20.8 Å². The average molecular weight is 481 g/mol. The first-order chi connectivity index (χ1) is 14.5. The monoisotopic (exact) mass is 480 g/mol. The summed E-state index contributed by atoms with van der Waals surface area (Å²) in [6.45, 7) is 5.51. The van der Waals surface area contributed by atoms with Gasteiger partial charge in [-0.15, -0.1) is 0 Å². The lowest BCUT2D eigenvalue weighted by Gasteiger charge is -2.35. The minimum atomic E-state index is -4.90. The van der Waals surface area contributed by atoms with Crippen LogP contribution in [0.3, 0.4) is 0 Å². The minimum absolute atomic E-state index is 0.0726. The average Bonchev–Trinajstić information content (AvgIpc) is 3.26. The molecule has 1 atom stereocenters. The summed E-state index contributed by atoms with van der Waals surface area (Å²) < 4.78 is 85.6. The van der Waals surface area contributed by atoms with Gasteiger partial charge in [0.05, 0.1) is 17.4 Å². The van der Waals surface area contributed by atoms with Crippen LogP contribution in [0.15, 0.2) is 18.2 Å². The van der Waals surface area contributed by atoms with E-state index in [4.69, 9.17) is 4.74 Å². The molecule has 0 radical (unpaired) electrons. The Hall–Kier alpha value is -1.88. The van der Waals surface area contributed by atoms with Gasteiger partial charge >= 0.3 is 12.3 Å². The van der Waals surface area contributed by atoms with Crippen molar-refractivity contribution in [2.24, 2.45) is 0 Å². The molecule has 0 spiro atoms. The van der Waals surface area contributed by atoms with Crippen LogP contribution in [0.5, 0.6) is 0 Å². The molecule has 2 fully saturated rings. The topological polar surface area (TPSA) is 66.9 Å². The van der Waals surface area contributed by atoms with Gasteiger partial charge in [-0.25, -0.2) is 17.6 Å². The zero-order valence-electron chi connectivity index (χ0n) is 18.5. The number of hydrogen-bond donors (Lipinski definition) is 0. The Bertz CT molecular complexity index is 984. The maximum absolute atomic E-state index is 13.8. The molecule has 1 amide bonds. The summed E-state index contributed by atoms with van der Waals surface area (Å²) in [5.41, 5.74) is -3.24. The fraction of sp³-hybridized carbons (Fsp3) is 0.667. The summed E-state index contributed by atoms with van der Waals surface area (Å²) in [5.74, 6) is -1.41. The SMILES string of the molecule is CC(C)(C)OC(=O)N1CCC[C@@H]1CN(C1(c2ccc(F)c(C(F)(F)F)c2)CC1)S(C)(=O)=O. The first-order valence-electron chi connectivity index (χ1n) is 10.4. The summed E-state index contributed by atoms with van der Waals surface area (Å²) in [6.07, 6.45) is -2.65. The number of halogens is 4. The van der Waals surface area contributed by atoms with Crippen LogP contribution in [0.1, 0.15) is 57.6 Å². The van der Waals surface area contributed by atoms with E-state index in [9.17, 15) is 30.8 Å². The molecule has 0 unspecified atom stereocenters. The second kappa shape index (κ2) is 8.16. The van der Waals surface area contributed by atoms with Crippen LogP contribution in [-0.2, 0) is 26.5 Å². The number of alkyl halides is 3. The van der Waals surface area contributed by atoms with Crippen molar-refractivity contribution in [2.75, 3.05) is 19.3 Å². The molecule has 11 heteroatoms. The van der Waals surface area contributed by atoms with Gasteiger partial charge in [0.25, 0.3) is 0 Å². The second-order valence-corrected chi connectivity index (χ2v) is 11.4. The molecule has 0 N–H and O–H groups in total. The van der Waals surface area contributed by atoms with E-state index in [0.29, 0.717) is 38.3 Å². The van der Waals surface area contributed by atoms with Crippen LogP contribution in [0, 0.1) is 5.82 Å². The lowest BCUT2D eigenvalue weighted by molar-refractivity contribution is -0.140. The van der Waals surface area contributed by atoms with E-state index in [-0.39, 0.29) is 12.1 Å². The molecule has 1 aromatic rings. The molecular weight excluding hydrogens is 452 g/mol. The van der Waals surface area contributed by atoms with Gasteiger partial charge in [-0.05, 0) is 64.2 Å². The van der Waals surface area contributed by atoms with Crippen molar-refractivity contribution >= 4 is 16.1 Å². The summed E-state index contributed by atoms with van der Waals surface area (Å²) in [5, 5.41) is 0. The standard InChI is InChI=1S/C21H28F4N2O4S/c1-19(2,3)31-18(28)26-11-5-6-15(26)13-27(32(4,29)30)20(9-10-20)14-7-8-17(22)16(12-14)21(23,24)25/h7-8,12,15H,5-6,9-11,13H2,1-4H3/t15-/m1/s1. The highest BCUT2D eigenvalue weighted by atomic mass is 32.2. The molecule has 0 aromatic heterocycles. The van der Waals surface area contributed by atoms with E-state index in [1.807, 2.05) is 0 Å². The van der Waals surface area contributed by atoms with Crippen molar-refractivity contribution in [2.45, 2.75) is 69.8 Å². The molecule has 32 heavy (non-hydrogen) atoms.